The maximum absolute atomic E-state index is 12.0. The van der Waals surface area contributed by atoms with Crippen molar-refractivity contribution in [3.05, 3.63) is 0 Å². The summed E-state index contributed by atoms with van der Waals surface area (Å²) >= 11 is 0. The Morgan fingerprint density at radius 2 is 2.12 bits per heavy atom. The summed E-state index contributed by atoms with van der Waals surface area (Å²) in [5.41, 5.74) is 0. The number of amides is 1. The predicted octanol–water partition coefficient (Wildman–Crippen LogP) is 1.93. The first-order chi connectivity index (χ1) is 7.54. The van der Waals surface area contributed by atoms with Gasteiger partial charge in [-0.05, 0) is 38.1 Å². The first-order valence-electron chi connectivity index (χ1n) is 6.58. The molecule has 1 fully saturated rings. The van der Waals surface area contributed by atoms with Crippen molar-refractivity contribution < 1.29 is 4.79 Å². The van der Waals surface area contributed by atoms with Crippen LogP contribution in [0.3, 0.4) is 0 Å². The minimum atomic E-state index is 0.0277. The lowest BCUT2D eigenvalue weighted by Crippen LogP contribution is -2.51. The highest BCUT2D eigenvalue weighted by atomic mass is 16.2. The monoisotopic (exact) mass is 226 g/mol. The smallest absolute Gasteiger partial charge is 0.237 e. The number of carbonyl (C=O) groups is 1. The van der Waals surface area contributed by atoms with E-state index < -0.39 is 0 Å². The van der Waals surface area contributed by atoms with Gasteiger partial charge in [0, 0.05) is 6.04 Å². The second-order valence-corrected chi connectivity index (χ2v) is 5.35. The zero-order valence-electron chi connectivity index (χ0n) is 11.0. The molecule has 0 aliphatic carbocycles. The molecule has 0 bridgehead atoms. The summed E-state index contributed by atoms with van der Waals surface area (Å²) in [5, 5.41) is 6.41. The van der Waals surface area contributed by atoms with E-state index in [1.807, 2.05) is 0 Å². The average molecular weight is 226 g/mol. The molecule has 0 spiro atoms. The zero-order valence-corrected chi connectivity index (χ0v) is 11.0. The second kappa shape index (κ2) is 6.24. The van der Waals surface area contributed by atoms with E-state index in [9.17, 15) is 4.79 Å². The Morgan fingerprint density at radius 3 is 2.69 bits per heavy atom. The molecule has 1 amide bonds. The molecule has 16 heavy (non-hydrogen) atoms. The Balaban J connectivity index is 2.41. The van der Waals surface area contributed by atoms with Gasteiger partial charge < -0.3 is 10.6 Å². The van der Waals surface area contributed by atoms with Gasteiger partial charge in [-0.25, -0.2) is 0 Å². The highest BCUT2D eigenvalue weighted by Gasteiger charge is 2.26. The fourth-order valence-corrected chi connectivity index (χ4v) is 2.06. The Hall–Kier alpha value is -0.570. The maximum Gasteiger partial charge on any atom is 0.237 e. The van der Waals surface area contributed by atoms with Crippen LogP contribution in [0.2, 0.25) is 0 Å². The van der Waals surface area contributed by atoms with Crippen LogP contribution in [0.1, 0.15) is 47.0 Å². The Labute approximate surface area is 99.4 Å². The molecule has 3 nitrogen and oxygen atoms in total. The molecule has 0 aromatic heterocycles. The third-order valence-electron chi connectivity index (χ3n) is 3.78. The predicted molar refractivity (Wildman–Crippen MR) is 67.2 cm³/mol. The van der Waals surface area contributed by atoms with E-state index in [0.29, 0.717) is 11.8 Å². The molecule has 1 aliphatic rings. The van der Waals surface area contributed by atoms with E-state index in [1.165, 1.54) is 12.8 Å². The zero-order chi connectivity index (χ0) is 12.1. The van der Waals surface area contributed by atoms with Gasteiger partial charge in [-0.1, -0.05) is 27.2 Å². The van der Waals surface area contributed by atoms with Gasteiger partial charge >= 0.3 is 0 Å². The number of carbonyl (C=O) groups excluding carboxylic acids is 1. The summed E-state index contributed by atoms with van der Waals surface area (Å²) in [5.74, 6) is 1.39. The largest absolute Gasteiger partial charge is 0.352 e. The molecule has 3 unspecified atom stereocenters. The van der Waals surface area contributed by atoms with Crippen LogP contribution in [0.25, 0.3) is 0 Å². The van der Waals surface area contributed by atoms with Crippen molar-refractivity contribution in [2.75, 3.05) is 6.54 Å². The van der Waals surface area contributed by atoms with Crippen molar-refractivity contribution in [3.8, 4) is 0 Å². The molecule has 0 radical (unpaired) electrons. The summed E-state index contributed by atoms with van der Waals surface area (Å²) in [7, 11) is 0. The third-order valence-corrected chi connectivity index (χ3v) is 3.78. The van der Waals surface area contributed by atoms with E-state index in [1.54, 1.807) is 0 Å². The summed E-state index contributed by atoms with van der Waals surface area (Å²) in [4.78, 5) is 12.0. The molecular weight excluding hydrogens is 200 g/mol. The van der Waals surface area contributed by atoms with E-state index in [4.69, 9.17) is 0 Å². The topological polar surface area (TPSA) is 41.1 Å². The fraction of sp³-hybridized carbons (Fsp3) is 0.923. The van der Waals surface area contributed by atoms with Gasteiger partial charge in [-0.2, -0.15) is 0 Å². The van der Waals surface area contributed by atoms with Crippen molar-refractivity contribution in [2.24, 2.45) is 11.8 Å². The lowest BCUT2D eigenvalue weighted by Gasteiger charge is -2.30. The SMILES string of the molecule is CCC1CCNC(C(=O)NC(C)C(C)C)C1. The summed E-state index contributed by atoms with van der Waals surface area (Å²) in [6.07, 6.45) is 3.39. The molecule has 1 saturated heterocycles. The first kappa shape index (κ1) is 13.5. The molecule has 0 aromatic carbocycles. The third kappa shape index (κ3) is 3.78. The molecule has 3 heteroatoms. The van der Waals surface area contributed by atoms with Gasteiger partial charge in [0.2, 0.25) is 5.91 Å². The van der Waals surface area contributed by atoms with Crippen LogP contribution in [0.15, 0.2) is 0 Å². The van der Waals surface area contributed by atoms with E-state index in [-0.39, 0.29) is 18.0 Å². The van der Waals surface area contributed by atoms with Crippen LogP contribution in [-0.4, -0.2) is 24.5 Å². The van der Waals surface area contributed by atoms with Gasteiger partial charge in [-0.3, -0.25) is 4.79 Å². The van der Waals surface area contributed by atoms with Crippen LogP contribution >= 0.6 is 0 Å². The first-order valence-corrected chi connectivity index (χ1v) is 6.58. The van der Waals surface area contributed by atoms with Crippen LogP contribution in [-0.2, 0) is 4.79 Å². The van der Waals surface area contributed by atoms with Crippen LogP contribution < -0.4 is 10.6 Å². The van der Waals surface area contributed by atoms with Crippen molar-refractivity contribution in [1.82, 2.24) is 10.6 Å². The minimum absolute atomic E-state index is 0.0277. The highest BCUT2D eigenvalue weighted by molar-refractivity contribution is 5.82. The number of hydrogen-bond acceptors (Lipinski definition) is 2. The quantitative estimate of drug-likeness (QED) is 0.769. The normalized spacial score (nSPS) is 27.8. The van der Waals surface area contributed by atoms with Crippen molar-refractivity contribution in [3.63, 3.8) is 0 Å². The van der Waals surface area contributed by atoms with Gasteiger partial charge in [0.1, 0.15) is 0 Å². The minimum Gasteiger partial charge on any atom is -0.352 e. The Kier molecular flexibility index (Phi) is 5.26. The summed E-state index contributed by atoms with van der Waals surface area (Å²) < 4.78 is 0. The van der Waals surface area contributed by atoms with E-state index in [2.05, 4.69) is 38.3 Å². The maximum atomic E-state index is 12.0. The lowest BCUT2D eigenvalue weighted by atomic mass is 9.90. The number of nitrogens with one attached hydrogen (secondary N) is 2. The van der Waals surface area contributed by atoms with Gasteiger partial charge in [0.25, 0.3) is 0 Å². The number of rotatable bonds is 4. The van der Waals surface area contributed by atoms with E-state index in [0.717, 1.165) is 13.0 Å². The molecule has 0 aromatic rings. The van der Waals surface area contributed by atoms with Gasteiger partial charge in [0.05, 0.1) is 6.04 Å². The van der Waals surface area contributed by atoms with Gasteiger partial charge in [0.15, 0.2) is 0 Å². The number of piperidine rings is 1. The van der Waals surface area contributed by atoms with Crippen molar-refractivity contribution in [1.29, 1.82) is 0 Å². The molecule has 1 aliphatic heterocycles. The summed E-state index contributed by atoms with van der Waals surface area (Å²) in [6, 6.07) is 0.288. The molecule has 2 N–H and O–H groups in total. The van der Waals surface area contributed by atoms with Crippen LogP contribution in [0, 0.1) is 11.8 Å². The van der Waals surface area contributed by atoms with Crippen molar-refractivity contribution >= 4 is 5.91 Å². The highest BCUT2D eigenvalue weighted by Crippen LogP contribution is 2.19. The molecule has 1 rings (SSSR count). The Morgan fingerprint density at radius 1 is 1.44 bits per heavy atom. The van der Waals surface area contributed by atoms with Crippen LogP contribution in [0.4, 0.5) is 0 Å². The van der Waals surface area contributed by atoms with Crippen molar-refractivity contribution in [2.45, 2.75) is 59.0 Å². The number of hydrogen-bond donors (Lipinski definition) is 2. The van der Waals surface area contributed by atoms with Gasteiger partial charge in [-0.15, -0.1) is 0 Å². The molecule has 94 valence electrons. The second-order valence-electron chi connectivity index (χ2n) is 5.35. The molecule has 0 saturated carbocycles. The lowest BCUT2D eigenvalue weighted by molar-refractivity contribution is -0.125. The molecular formula is C13H26N2O. The summed E-state index contributed by atoms with van der Waals surface area (Å²) in [6.45, 7) is 9.53. The standard InChI is InChI=1S/C13H26N2O/c1-5-11-6-7-14-12(8-11)13(16)15-10(4)9(2)3/h9-12,14H,5-8H2,1-4H3,(H,15,16). The molecule has 3 atom stereocenters. The Bertz CT molecular complexity index is 228. The molecule has 1 heterocycles. The fourth-order valence-electron chi connectivity index (χ4n) is 2.06. The average Bonchev–Trinajstić information content (AvgIpc) is 2.28. The van der Waals surface area contributed by atoms with Crippen LogP contribution in [0.5, 0.6) is 0 Å². The van der Waals surface area contributed by atoms with E-state index >= 15 is 0 Å².